The van der Waals surface area contributed by atoms with Gasteiger partial charge in [-0.3, -0.25) is 4.57 Å². The van der Waals surface area contributed by atoms with Crippen LogP contribution >= 0.6 is 0 Å². The Bertz CT molecular complexity index is 883. The van der Waals surface area contributed by atoms with Crippen LogP contribution in [0.15, 0.2) is 45.6 Å². The summed E-state index contributed by atoms with van der Waals surface area (Å²) in [7, 11) is 3.18. The first-order valence-electron chi connectivity index (χ1n) is 6.75. The average molecular weight is 302 g/mol. The fourth-order valence-electron chi connectivity index (χ4n) is 2.37. The fraction of sp³-hybridized carbons (Fsp3) is 0.188. The molecule has 0 radical (unpaired) electrons. The summed E-state index contributed by atoms with van der Waals surface area (Å²) in [6.45, 7) is 0.346. The number of aromatic nitrogens is 1. The highest BCUT2D eigenvalue weighted by molar-refractivity contribution is 5.86. The summed E-state index contributed by atoms with van der Waals surface area (Å²) in [6.07, 6.45) is 0. The molecule has 6 heteroatoms. The van der Waals surface area contributed by atoms with Crippen LogP contribution in [0.25, 0.3) is 11.1 Å². The molecular formula is C16H15FN2O3. The van der Waals surface area contributed by atoms with Gasteiger partial charge in [-0.25, -0.2) is 9.18 Å². The van der Waals surface area contributed by atoms with E-state index in [1.54, 1.807) is 25.2 Å². The Morgan fingerprint density at radius 3 is 2.91 bits per heavy atom. The number of hydrogen-bond donors (Lipinski definition) is 1. The van der Waals surface area contributed by atoms with E-state index in [2.05, 4.69) is 5.32 Å². The van der Waals surface area contributed by atoms with E-state index in [4.69, 9.17) is 9.15 Å². The van der Waals surface area contributed by atoms with Crippen molar-refractivity contribution in [3.63, 3.8) is 0 Å². The van der Waals surface area contributed by atoms with Crippen molar-refractivity contribution in [3.05, 3.63) is 58.3 Å². The number of para-hydroxylation sites is 1. The van der Waals surface area contributed by atoms with Crippen molar-refractivity contribution in [2.45, 2.75) is 6.54 Å². The second-order valence-electron chi connectivity index (χ2n) is 4.89. The summed E-state index contributed by atoms with van der Waals surface area (Å²) < 4.78 is 25.3. The molecule has 1 N–H and O–H groups in total. The predicted molar refractivity (Wildman–Crippen MR) is 81.7 cm³/mol. The number of rotatable bonds is 4. The minimum absolute atomic E-state index is 0.331. The number of hydrogen-bond acceptors (Lipinski definition) is 4. The Morgan fingerprint density at radius 1 is 1.32 bits per heavy atom. The molecule has 2 aromatic carbocycles. The lowest BCUT2D eigenvalue weighted by Gasteiger charge is -2.11. The first-order valence-corrected chi connectivity index (χ1v) is 6.75. The fourth-order valence-corrected chi connectivity index (χ4v) is 2.37. The van der Waals surface area contributed by atoms with Crippen molar-refractivity contribution in [1.29, 1.82) is 0 Å². The lowest BCUT2D eigenvalue weighted by Crippen LogP contribution is -2.08. The Morgan fingerprint density at radius 2 is 2.14 bits per heavy atom. The van der Waals surface area contributed by atoms with Crippen LogP contribution in [0.5, 0.6) is 5.75 Å². The zero-order chi connectivity index (χ0) is 15.7. The highest BCUT2D eigenvalue weighted by Crippen LogP contribution is 2.25. The van der Waals surface area contributed by atoms with Gasteiger partial charge in [-0.2, -0.15) is 0 Å². The number of nitrogens with zero attached hydrogens (tertiary/aromatic N) is 1. The highest BCUT2D eigenvalue weighted by atomic mass is 19.1. The molecule has 0 bridgehead atoms. The number of ether oxygens (including phenoxy) is 1. The van der Waals surface area contributed by atoms with Crippen LogP contribution in [0.1, 0.15) is 5.56 Å². The van der Waals surface area contributed by atoms with Crippen molar-refractivity contribution < 1.29 is 13.5 Å². The van der Waals surface area contributed by atoms with E-state index in [0.717, 1.165) is 0 Å². The van der Waals surface area contributed by atoms with Gasteiger partial charge >= 0.3 is 5.76 Å². The molecule has 0 fully saturated rings. The monoisotopic (exact) mass is 302 g/mol. The lowest BCUT2D eigenvalue weighted by molar-refractivity contribution is 0.409. The smallest absolute Gasteiger partial charge is 0.419 e. The van der Waals surface area contributed by atoms with Gasteiger partial charge in [0, 0.05) is 19.2 Å². The average Bonchev–Trinajstić information content (AvgIpc) is 2.81. The predicted octanol–water partition coefficient (Wildman–Crippen LogP) is 2.89. The third kappa shape index (κ3) is 2.43. The number of anilines is 1. The number of oxazole rings is 1. The molecule has 0 amide bonds. The van der Waals surface area contributed by atoms with Crippen molar-refractivity contribution in [2.75, 3.05) is 12.4 Å². The molecule has 3 aromatic rings. The van der Waals surface area contributed by atoms with Gasteiger partial charge in [-0.1, -0.05) is 6.07 Å². The molecule has 0 aliphatic heterocycles. The number of methoxy groups -OCH3 is 1. The zero-order valence-electron chi connectivity index (χ0n) is 12.2. The molecule has 0 spiro atoms. The topological polar surface area (TPSA) is 56.4 Å². The van der Waals surface area contributed by atoms with Gasteiger partial charge in [0.15, 0.2) is 5.58 Å². The molecule has 3 rings (SSSR count). The Kier molecular flexibility index (Phi) is 3.58. The molecule has 0 aliphatic carbocycles. The zero-order valence-corrected chi connectivity index (χ0v) is 12.2. The Hall–Kier alpha value is -2.76. The summed E-state index contributed by atoms with van der Waals surface area (Å²) in [5, 5.41) is 3.15. The summed E-state index contributed by atoms with van der Waals surface area (Å²) in [5.74, 6) is -0.162. The largest absolute Gasteiger partial charge is 0.496 e. The SMILES string of the molecule is COc1ccc(F)cc1CNc1cccc2c1oc(=O)n2C. The molecule has 1 heterocycles. The number of nitrogens with one attached hydrogen (secondary N) is 1. The summed E-state index contributed by atoms with van der Waals surface area (Å²) in [6, 6.07) is 9.76. The van der Waals surface area contributed by atoms with Crippen LogP contribution < -0.4 is 15.8 Å². The van der Waals surface area contributed by atoms with Gasteiger partial charge in [0.05, 0.1) is 18.3 Å². The van der Waals surface area contributed by atoms with Crippen LogP contribution in [0.3, 0.4) is 0 Å². The van der Waals surface area contributed by atoms with E-state index in [1.165, 1.54) is 23.8 Å². The number of aryl methyl sites for hydroxylation is 1. The summed E-state index contributed by atoms with van der Waals surface area (Å²) in [4.78, 5) is 11.6. The van der Waals surface area contributed by atoms with Crippen LogP contribution in [0, 0.1) is 5.82 Å². The van der Waals surface area contributed by atoms with Crippen molar-refractivity contribution >= 4 is 16.8 Å². The standard InChI is InChI=1S/C16H15FN2O3/c1-19-13-5-3-4-12(15(13)22-16(19)20)18-9-10-8-11(17)6-7-14(10)21-2/h3-8,18H,9H2,1-2H3. The van der Waals surface area contributed by atoms with E-state index in [9.17, 15) is 9.18 Å². The molecular weight excluding hydrogens is 287 g/mol. The van der Waals surface area contributed by atoms with Crippen molar-refractivity contribution in [2.24, 2.45) is 7.05 Å². The van der Waals surface area contributed by atoms with Gasteiger partial charge in [0.2, 0.25) is 0 Å². The van der Waals surface area contributed by atoms with Crippen molar-refractivity contribution in [3.8, 4) is 5.75 Å². The van der Waals surface area contributed by atoms with E-state index in [0.29, 0.717) is 34.6 Å². The molecule has 22 heavy (non-hydrogen) atoms. The van der Waals surface area contributed by atoms with Gasteiger partial charge in [-0.05, 0) is 30.3 Å². The van der Waals surface area contributed by atoms with E-state index in [1.807, 2.05) is 6.07 Å². The van der Waals surface area contributed by atoms with E-state index in [-0.39, 0.29) is 5.82 Å². The maximum absolute atomic E-state index is 13.4. The van der Waals surface area contributed by atoms with Crippen LogP contribution in [0.2, 0.25) is 0 Å². The molecule has 0 saturated heterocycles. The normalized spacial score (nSPS) is 10.9. The third-order valence-electron chi connectivity index (χ3n) is 3.53. The van der Waals surface area contributed by atoms with Gasteiger partial charge in [0.25, 0.3) is 0 Å². The van der Waals surface area contributed by atoms with Gasteiger partial charge < -0.3 is 14.5 Å². The lowest BCUT2D eigenvalue weighted by atomic mass is 10.2. The highest BCUT2D eigenvalue weighted by Gasteiger charge is 2.11. The number of benzene rings is 2. The molecule has 0 aliphatic rings. The molecule has 0 unspecified atom stereocenters. The minimum atomic E-state index is -0.424. The second kappa shape index (κ2) is 5.55. The number of halogens is 1. The molecule has 1 aromatic heterocycles. The molecule has 5 nitrogen and oxygen atoms in total. The maximum atomic E-state index is 13.4. The first-order chi connectivity index (χ1) is 10.6. The van der Waals surface area contributed by atoms with E-state index >= 15 is 0 Å². The first kappa shape index (κ1) is 14.2. The van der Waals surface area contributed by atoms with Crippen LogP contribution in [0.4, 0.5) is 10.1 Å². The molecule has 0 saturated carbocycles. The number of fused-ring (bicyclic) bond motifs is 1. The van der Waals surface area contributed by atoms with E-state index < -0.39 is 5.76 Å². The van der Waals surface area contributed by atoms with Crippen molar-refractivity contribution in [1.82, 2.24) is 4.57 Å². The second-order valence-corrected chi connectivity index (χ2v) is 4.89. The summed E-state index contributed by atoms with van der Waals surface area (Å²) >= 11 is 0. The molecule has 114 valence electrons. The maximum Gasteiger partial charge on any atom is 0.419 e. The quantitative estimate of drug-likeness (QED) is 0.805. The van der Waals surface area contributed by atoms with Gasteiger partial charge in [-0.15, -0.1) is 0 Å². The minimum Gasteiger partial charge on any atom is -0.496 e. The van der Waals surface area contributed by atoms with Gasteiger partial charge in [0.1, 0.15) is 11.6 Å². The Balaban J connectivity index is 1.93. The van der Waals surface area contributed by atoms with Crippen LogP contribution in [-0.2, 0) is 13.6 Å². The van der Waals surface area contributed by atoms with Crippen LogP contribution in [-0.4, -0.2) is 11.7 Å². The Labute approximate surface area is 125 Å². The molecule has 0 atom stereocenters. The third-order valence-corrected chi connectivity index (χ3v) is 3.53. The summed E-state index contributed by atoms with van der Waals surface area (Å²) in [5.41, 5.74) is 2.52.